The summed E-state index contributed by atoms with van der Waals surface area (Å²) >= 11 is 4.42. The Kier molecular flexibility index (Phi) is 4.94. The fourth-order valence-electron chi connectivity index (χ4n) is 2.18. The van der Waals surface area contributed by atoms with E-state index < -0.39 is 0 Å². The van der Waals surface area contributed by atoms with Crippen LogP contribution in [0.25, 0.3) is 0 Å². The fourth-order valence-corrected chi connectivity index (χ4v) is 2.55. The third-order valence-electron chi connectivity index (χ3n) is 3.75. The van der Waals surface area contributed by atoms with Crippen LogP contribution in [0.15, 0.2) is 0 Å². The molecule has 1 rings (SSSR count). The van der Waals surface area contributed by atoms with Gasteiger partial charge in [0.05, 0.1) is 0 Å². The van der Waals surface area contributed by atoms with E-state index in [1.54, 1.807) is 0 Å². The van der Waals surface area contributed by atoms with Gasteiger partial charge in [-0.05, 0) is 32.6 Å². The molecule has 1 aliphatic rings. The van der Waals surface area contributed by atoms with Gasteiger partial charge >= 0.3 is 0 Å². The molecule has 1 atom stereocenters. The highest BCUT2D eigenvalue weighted by Crippen LogP contribution is 2.20. The largest absolute Gasteiger partial charge is 0.300 e. The van der Waals surface area contributed by atoms with Crippen molar-refractivity contribution in [3.05, 3.63) is 0 Å². The first-order chi connectivity index (χ1) is 6.99. The summed E-state index contributed by atoms with van der Waals surface area (Å²) in [5, 5.41) is 0. The van der Waals surface area contributed by atoms with Crippen LogP contribution >= 0.6 is 12.6 Å². The minimum Gasteiger partial charge on any atom is -0.300 e. The van der Waals surface area contributed by atoms with Gasteiger partial charge in [0.25, 0.3) is 0 Å². The van der Waals surface area contributed by atoms with Crippen molar-refractivity contribution in [2.75, 3.05) is 39.0 Å². The van der Waals surface area contributed by atoms with E-state index in [0.717, 1.165) is 11.7 Å². The van der Waals surface area contributed by atoms with Gasteiger partial charge in [-0.2, -0.15) is 12.6 Å². The molecule has 0 saturated carbocycles. The molecule has 1 saturated heterocycles. The zero-order valence-corrected chi connectivity index (χ0v) is 11.6. The molecule has 0 aromatic carbocycles. The maximum atomic E-state index is 4.42. The van der Waals surface area contributed by atoms with Gasteiger partial charge < -0.3 is 0 Å². The molecule has 0 spiro atoms. The van der Waals surface area contributed by atoms with Crippen LogP contribution in [0.4, 0.5) is 0 Å². The lowest BCUT2D eigenvalue weighted by Gasteiger charge is -2.46. The second kappa shape index (κ2) is 5.55. The summed E-state index contributed by atoms with van der Waals surface area (Å²) in [5.41, 5.74) is 0.327. The number of likely N-dealkylation sites (N-methyl/N-ethyl adjacent to an activating group) is 1. The first-order valence-electron chi connectivity index (χ1n) is 6.04. The highest BCUT2D eigenvalue weighted by Gasteiger charge is 2.31. The van der Waals surface area contributed by atoms with Crippen LogP contribution in [0.5, 0.6) is 0 Å². The van der Waals surface area contributed by atoms with Gasteiger partial charge in [-0.1, -0.05) is 13.3 Å². The normalized spacial score (nSPS) is 25.4. The molecule has 1 fully saturated rings. The standard InChI is InChI=1S/C12H26N2S/c1-5-11(9-15)8-14-7-6-13(4)12(2,3)10-14/h11,15H,5-10H2,1-4H3. The molecule has 3 heteroatoms. The Morgan fingerprint density at radius 2 is 2.00 bits per heavy atom. The van der Waals surface area contributed by atoms with Crippen molar-refractivity contribution in [1.29, 1.82) is 0 Å². The summed E-state index contributed by atoms with van der Waals surface area (Å²) in [6.07, 6.45) is 1.25. The summed E-state index contributed by atoms with van der Waals surface area (Å²) in [6.45, 7) is 11.7. The van der Waals surface area contributed by atoms with E-state index in [9.17, 15) is 0 Å². The van der Waals surface area contributed by atoms with E-state index in [0.29, 0.717) is 5.54 Å². The van der Waals surface area contributed by atoms with Gasteiger partial charge in [-0.15, -0.1) is 0 Å². The van der Waals surface area contributed by atoms with Gasteiger partial charge in [0, 0.05) is 31.7 Å². The quantitative estimate of drug-likeness (QED) is 0.738. The van der Waals surface area contributed by atoms with Gasteiger partial charge in [0.2, 0.25) is 0 Å². The van der Waals surface area contributed by atoms with Crippen LogP contribution in [-0.2, 0) is 0 Å². The number of nitrogens with zero attached hydrogens (tertiary/aromatic N) is 2. The Hall–Kier alpha value is 0.270. The number of hydrogen-bond acceptors (Lipinski definition) is 3. The monoisotopic (exact) mass is 230 g/mol. The lowest BCUT2D eigenvalue weighted by molar-refractivity contribution is 0.0334. The lowest BCUT2D eigenvalue weighted by Crippen LogP contribution is -2.58. The average molecular weight is 230 g/mol. The van der Waals surface area contributed by atoms with Crippen LogP contribution in [0, 0.1) is 5.92 Å². The minimum atomic E-state index is 0.327. The van der Waals surface area contributed by atoms with Crippen molar-refractivity contribution in [3.63, 3.8) is 0 Å². The molecule has 0 bridgehead atoms. The molecule has 0 aromatic heterocycles. The van der Waals surface area contributed by atoms with Gasteiger partial charge in [0.15, 0.2) is 0 Å². The Bertz CT molecular complexity index is 190. The zero-order chi connectivity index (χ0) is 11.5. The Morgan fingerprint density at radius 3 is 2.47 bits per heavy atom. The van der Waals surface area contributed by atoms with Crippen molar-refractivity contribution >= 4 is 12.6 Å². The third-order valence-corrected chi connectivity index (χ3v) is 4.26. The molecule has 15 heavy (non-hydrogen) atoms. The van der Waals surface area contributed by atoms with E-state index >= 15 is 0 Å². The van der Waals surface area contributed by atoms with Crippen LogP contribution < -0.4 is 0 Å². The van der Waals surface area contributed by atoms with Crippen LogP contribution in [0.3, 0.4) is 0 Å². The highest BCUT2D eigenvalue weighted by molar-refractivity contribution is 7.80. The zero-order valence-electron chi connectivity index (χ0n) is 10.7. The summed E-state index contributed by atoms with van der Waals surface area (Å²) in [6, 6.07) is 0. The van der Waals surface area contributed by atoms with E-state index in [1.165, 1.54) is 32.6 Å². The van der Waals surface area contributed by atoms with Crippen molar-refractivity contribution in [2.45, 2.75) is 32.7 Å². The molecular formula is C12H26N2S. The molecule has 90 valence electrons. The topological polar surface area (TPSA) is 6.48 Å². The fraction of sp³-hybridized carbons (Fsp3) is 1.00. The molecule has 0 N–H and O–H groups in total. The van der Waals surface area contributed by atoms with Crippen molar-refractivity contribution in [2.24, 2.45) is 5.92 Å². The molecule has 2 nitrogen and oxygen atoms in total. The predicted octanol–water partition coefficient (Wildman–Crippen LogP) is 1.97. The highest BCUT2D eigenvalue weighted by atomic mass is 32.1. The average Bonchev–Trinajstić information content (AvgIpc) is 2.19. The smallest absolute Gasteiger partial charge is 0.0277 e. The van der Waals surface area contributed by atoms with Gasteiger partial charge in [-0.3, -0.25) is 9.80 Å². The Labute approximate surface area is 100 Å². The van der Waals surface area contributed by atoms with Gasteiger partial charge in [0.1, 0.15) is 0 Å². The van der Waals surface area contributed by atoms with Crippen molar-refractivity contribution in [1.82, 2.24) is 9.80 Å². The molecule has 1 unspecified atom stereocenters. The second-order valence-electron chi connectivity index (χ2n) is 5.43. The van der Waals surface area contributed by atoms with E-state index in [-0.39, 0.29) is 0 Å². The van der Waals surface area contributed by atoms with E-state index in [2.05, 4.69) is 50.2 Å². The number of hydrogen-bond donors (Lipinski definition) is 1. The summed E-state index contributed by atoms with van der Waals surface area (Å²) in [7, 11) is 2.23. The maximum Gasteiger partial charge on any atom is 0.0277 e. The SMILES string of the molecule is CCC(CS)CN1CCN(C)C(C)(C)C1. The molecule has 0 aromatic rings. The van der Waals surface area contributed by atoms with Crippen LogP contribution in [-0.4, -0.2) is 54.3 Å². The summed E-state index contributed by atoms with van der Waals surface area (Å²) < 4.78 is 0. The second-order valence-corrected chi connectivity index (χ2v) is 5.79. The third kappa shape index (κ3) is 3.65. The maximum absolute atomic E-state index is 4.42. The summed E-state index contributed by atoms with van der Waals surface area (Å²) in [4.78, 5) is 5.07. The number of rotatable bonds is 4. The molecule has 1 aliphatic heterocycles. The molecule has 1 heterocycles. The first-order valence-corrected chi connectivity index (χ1v) is 6.67. The predicted molar refractivity (Wildman–Crippen MR) is 70.8 cm³/mol. The van der Waals surface area contributed by atoms with Gasteiger partial charge in [-0.25, -0.2) is 0 Å². The molecular weight excluding hydrogens is 204 g/mol. The van der Waals surface area contributed by atoms with Crippen molar-refractivity contribution in [3.8, 4) is 0 Å². The van der Waals surface area contributed by atoms with E-state index in [4.69, 9.17) is 0 Å². The summed E-state index contributed by atoms with van der Waals surface area (Å²) in [5.74, 6) is 1.77. The molecule has 0 aliphatic carbocycles. The minimum absolute atomic E-state index is 0.327. The Balaban J connectivity index is 2.45. The van der Waals surface area contributed by atoms with E-state index in [1.807, 2.05) is 0 Å². The van der Waals surface area contributed by atoms with Crippen LogP contribution in [0.1, 0.15) is 27.2 Å². The van der Waals surface area contributed by atoms with Crippen molar-refractivity contribution < 1.29 is 0 Å². The number of thiol groups is 1. The Morgan fingerprint density at radius 1 is 1.33 bits per heavy atom. The number of piperazine rings is 1. The molecule has 0 amide bonds. The first kappa shape index (κ1) is 13.3. The molecule has 0 radical (unpaired) electrons. The lowest BCUT2D eigenvalue weighted by atomic mass is 9.98. The van der Waals surface area contributed by atoms with Crippen LogP contribution in [0.2, 0.25) is 0 Å².